The summed E-state index contributed by atoms with van der Waals surface area (Å²) in [4.78, 5) is 25.5. The van der Waals surface area contributed by atoms with Crippen molar-refractivity contribution in [2.45, 2.75) is 116 Å². The molecule has 1 aromatic rings. The zero-order valence-electron chi connectivity index (χ0n) is 27.4. The third-order valence-corrected chi connectivity index (χ3v) is 13.2. The van der Waals surface area contributed by atoms with Gasteiger partial charge in [0.2, 0.25) is 5.91 Å². The van der Waals surface area contributed by atoms with Crippen LogP contribution in [-0.4, -0.2) is 44.2 Å². The highest BCUT2D eigenvalue weighted by Crippen LogP contribution is 2.68. The molecule has 1 amide bonds. The van der Waals surface area contributed by atoms with Gasteiger partial charge < -0.3 is 21.1 Å². The van der Waals surface area contributed by atoms with Crippen LogP contribution in [0, 0.1) is 46.3 Å². The fraction of sp³-hybridized carbons (Fsp3) is 0.784. The highest BCUT2D eigenvalue weighted by molar-refractivity contribution is 5.84. The monoisotopic (exact) mass is 593 g/mol. The minimum Gasteiger partial charge on any atom is -0.467 e. The van der Waals surface area contributed by atoms with Crippen LogP contribution in [0.25, 0.3) is 0 Å². The van der Waals surface area contributed by atoms with Crippen LogP contribution in [0.3, 0.4) is 0 Å². The maximum atomic E-state index is 13.1. The Bertz CT molecular complexity index is 1080. The third-order valence-electron chi connectivity index (χ3n) is 13.2. The minimum atomic E-state index is -0.646. The number of amides is 1. The van der Waals surface area contributed by atoms with Crippen molar-refractivity contribution in [1.82, 2.24) is 10.6 Å². The van der Waals surface area contributed by atoms with Gasteiger partial charge in [0.05, 0.1) is 7.11 Å². The first-order valence-electron chi connectivity index (χ1n) is 17.5. The number of esters is 1. The molecule has 4 saturated carbocycles. The van der Waals surface area contributed by atoms with Crippen LogP contribution in [0.4, 0.5) is 0 Å². The fourth-order valence-electron chi connectivity index (χ4n) is 10.8. The van der Waals surface area contributed by atoms with Crippen molar-refractivity contribution in [1.29, 1.82) is 0 Å². The lowest BCUT2D eigenvalue weighted by molar-refractivity contribution is -0.145. The second-order valence-electron chi connectivity index (χ2n) is 15.3. The van der Waals surface area contributed by atoms with Gasteiger partial charge in [-0.15, -0.1) is 0 Å². The fourth-order valence-corrected chi connectivity index (χ4v) is 10.8. The normalized spacial score (nSPS) is 36.5. The first kappa shape index (κ1) is 32.5. The van der Waals surface area contributed by atoms with E-state index >= 15 is 0 Å². The molecule has 10 atom stereocenters. The molecular weight excluding hydrogens is 534 g/mol. The average molecular weight is 594 g/mol. The predicted octanol–water partition coefficient (Wildman–Crippen LogP) is 6.27. The summed E-state index contributed by atoms with van der Waals surface area (Å²) in [5, 5.41) is 6.81. The van der Waals surface area contributed by atoms with Gasteiger partial charge in [-0.05, 0) is 136 Å². The molecule has 43 heavy (non-hydrogen) atoms. The molecule has 0 aliphatic heterocycles. The topological polar surface area (TPSA) is 93.4 Å². The Kier molecular flexibility index (Phi) is 10.6. The zero-order chi connectivity index (χ0) is 30.6. The predicted molar refractivity (Wildman–Crippen MR) is 173 cm³/mol. The van der Waals surface area contributed by atoms with Crippen LogP contribution in [0.15, 0.2) is 30.3 Å². The minimum absolute atomic E-state index is 0.0408. The Labute approximate surface area is 261 Å². The summed E-state index contributed by atoms with van der Waals surface area (Å²) in [5.74, 6) is 4.22. The van der Waals surface area contributed by atoms with E-state index in [2.05, 4.69) is 31.4 Å². The molecule has 3 unspecified atom stereocenters. The molecule has 0 aromatic heterocycles. The van der Waals surface area contributed by atoms with Gasteiger partial charge in [-0.25, -0.2) is 4.79 Å². The number of methoxy groups -OCH3 is 1. The molecule has 0 radical (unpaired) electrons. The number of rotatable bonds is 12. The average Bonchev–Trinajstić information content (AvgIpc) is 3.37. The number of ether oxygens (including phenoxy) is 1. The van der Waals surface area contributed by atoms with E-state index in [1.807, 2.05) is 30.3 Å². The molecule has 0 heterocycles. The number of hydrogen-bond acceptors (Lipinski definition) is 5. The summed E-state index contributed by atoms with van der Waals surface area (Å²) in [6, 6.07) is 9.87. The molecule has 240 valence electrons. The van der Waals surface area contributed by atoms with Crippen LogP contribution in [0.2, 0.25) is 0 Å². The molecular formula is C37H59N3O3. The number of benzene rings is 1. The zero-order valence-corrected chi connectivity index (χ0v) is 27.4. The second kappa shape index (κ2) is 14.0. The lowest BCUT2D eigenvalue weighted by atomic mass is 9.44. The van der Waals surface area contributed by atoms with Crippen molar-refractivity contribution in [3.8, 4) is 0 Å². The Morgan fingerprint density at radius 3 is 2.49 bits per heavy atom. The molecule has 6 heteroatoms. The van der Waals surface area contributed by atoms with E-state index in [0.717, 1.165) is 55.2 Å². The largest absolute Gasteiger partial charge is 0.467 e. The molecule has 6 nitrogen and oxygen atoms in total. The van der Waals surface area contributed by atoms with Gasteiger partial charge in [0.25, 0.3) is 0 Å². The van der Waals surface area contributed by atoms with Gasteiger partial charge >= 0.3 is 5.97 Å². The van der Waals surface area contributed by atoms with E-state index in [-0.39, 0.29) is 11.9 Å². The molecule has 1 aromatic carbocycles. The van der Waals surface area contributed by atoms with Gasteiger partial charge in [-0.1, -0.05) is 51.1 Å². The van der Waals surface area contributed by atoms with Gasteiger partial charge in [0.15, 0.2) is 0 Å². The lowest BCUT2D eigenvalue weighted by Crippen LogP contribution is -2.55. The maximum absolute atomic E-state index is 13.1. The molecule has 4 N–H and O–H groups in total. The molecule has 4 aliphatic carbocycles. The van der Waals surface area contributed by atoms with Crippen molar-refractivity contribution in [3.05, 3.63) is 35.9 Å². The number of hydrogen-bond donors (Lipinski definition) is 3. The van der Waals surface area contributed by atoms with Crippen molar-refractivity contribution >= 4 is 11.9 Å². The van der Waals surface area contributed by atoms with Crippen LogP contribution in [0.1, 0.15) is 103 Å². The first-order chi connectivity index (χ1) is 20.7. The molecule has 0 bridgehead atoms. The standard InChI is InChI=1S/C37H59N3O3/c1-25(11-16-34(41)40-33(35(42)43-4)23-26-9-6-5-7-10-26)30-14-15-31-29-13-12-27-24-28(39-22-8-21-38)17-19-36(27,2)32(29)18-20-37(30,31)3/h5-7,9-10,25,27-33,39H,8,11-24,38H2,1-4H3,(H,40,41)/t25-,27-,28+,29?,30-,31?,32?,33+,36+,37-/m1/s1. The second-order valence-corrected chi connectivity index (χ2v) is 15.3. The van der Waals surface area contributed by atoms with Gasteiger partial charge in [-0.2, -0.15) is 0 Å². The summed E-state index contributed by atoms with van der Waals surface area (Å²) < 4.78 is 5.01. The molecule has 5 rings (SSSR count). The summed E-state index contributed by atoms with van der Waals surface area (Å²) in [7, 11) is 1.39. The maximum Gasteiger partial charge on any atom is 0.328 e. The SMILES string of the molecule is COC(=O)[C@H](Cc1ccccc1)NC(=O)CC[C@@H](C)[C@H]1CCC2C3CC[C@@H]4C[C@@H](NCCCN)CC[C@]4(C)C3CC[C@@]21C. The molecule has 0 spiro atoms. The van der Waals surface area contributed by atoms with Crippen molar-refractivity contribution in [3.63, 3.8) is 0 Å². The van der Waals surface area contributed by atoms with E-state index in [4.69, 9.17) is 10.5 Å². The first-order valence-corrected chi connectivity index (χ1v) is 17.5. The van der Waals surface area contributed by atoms with E-state index in [0.29, 0.717) is 41.5 Å². The lowest BCUT2D eigenvalue weighted by Gasteiger charge is -2.61. The highest BCUT2D eigenvalue weighted by atomic mass is 16.5. The van der Waals surface area contributed by atoms with Crippen LogP contribution in [-0.2, 0) is 20.7 Å². The smallest absolute Gasteiger partial charge is 0.328 e. The number of nitrogens with two attached hydrogens (primary N) is 1. The van der Waals surface area contributed by atoms with Crippen LogP contribution >= 0.6 is 0 Å². The van der Waals surface area contributed by atoms with Gasteiger partial charge in [0, 0.05) is 18.9 Å². The number of nitrogens with one attached hydrogen (secondary N) is 2. The summed E-state index contributed by atoms with van der Waals surface area (Å²) in [5.41, 5.74) is 7.65. The number of carbonyl (C=O) groups excluding carboxylic acids is 2. The number of carbonyl (C=O) groups is 2. The quantitative estimate of drug-likeness (QED) is 0.196. The number of fused-ring (bicyclic) bond motifs is 5. The van der Waals surface area contributed by atoms with Gasteiger partial charge in [-0.3, -0.25) is 4.79 Å². The van der Waals surface area contributed by atoms with E-state index in [1.54, 1.807) is 0 Å². The Hall–Kier alpha value is -1.92. The van der Waals surface area contributed by atoms with Gasteiger partial charge in [0.1, 0.15) is 6.04 Å². The summed E-state index contributed by atoms with van der Waals surface area (Å²) >= 11 is 0. The van der Waals surface area contributed by atoms with Crippen LogP contribution in [0.5, 0.6) is 0 Å². The van der Waals surface area contributed by atoms with E-state index in [1.165, 1.54) is 64.9 Å². The van der Waals surface area contributed by atoms with E-state index in [9.17, 15) is 9.59 Å². The van der Waals surface area contributed by atoms with E-state index < -0.39 is 6.04 Å². The summed E-state index contributed by atoms with van der Waals surface area (Å²) in [6.07, 6.45) is 15.2. The van der Waals surface area contributed by atoms with Crippen LogP contribution < -0.4 is 16.4 Å². The Morgan fingerprint density at radius 2 is 1.74 bits per heavy atom. The third kappa shape index (κ3) is 6.85. The molecule has 4 aliphatic rings. The van der Waals surface area contributed by atoms with Crippen molar-refractivity contribution < 1.29 is 14.3 Å². The highest BCUT2D eigenvalue weighted by Gasteiger charge is 2.60. The summed E-state index contributed by atoms with van der Waals surface area (Å²) in [6.45, 7) is 9.51. The molecule has 4 fully saturated rings. The van der Waals surface area contributed by atoms with Crippen molar-refractivity contribution in [2.24, 2.45) is 52.1 Å². The van der Waals surface area contributed by atoms with Crippen molar-refractivity contribution in [2.75, 3.05) is 20.2 Å². The Morgan fingerprint density at radius 1 is 1.00 bits per heavy atom. The Balaban J connectivity index is 1.15. The molecule has 0 saturated heterocycles.